The van der Waals surface area contributed by atoms with Crippen LogP contribution in [0, 0.1) is 12.7 Å². The van der Waals surface area contributed by atoms with Crippen molar-refractivity contribution in [2.45, 2.75) is 6.92 Å². The molecule has 3 nitrogen and oxygen atoms in total. The number of rotatable bonds is 3. The molecule has 0 amide bonds. The highest BCUT2D eigenvalue weighted by Crippen LogP contribution is 2.28. The van der Waals surface area contributed by atoms with Gasteiger partial charge in [-0.2, -0.15) is 0 Å². The van der Waals surface area contributed by atoms with E-state index in [1.54, 1.807) is 18.2 Å². The van der Waals surface area contributed by atoms with Gasteiger partial charge in [0.05, 0.1) is 11.3 Å². The van der Waals surface area contributed by atoms with Crippen LogP contribution in [0.4, 0.5) is 15.8 Å². The third-order valence-electron chi connectivity index (χ3n) is 2.75. The summed E-state index contributed by atoms with van der Waals surface area (Å²) in [4.78, 5) is 11.1. The number of halogens is 2. The number of anilines is 2. The number of aromatic carboxylic acids is 1. The summed E-state index contributed by atoms with van der Waals surface area (Å²) in [5, 5.41) is 12.6. The third kappa shape index (κ3) is 2.85. The molecule has 0 saturated heterocycles. The van der Waals surface area contributed by atoms with E-state index in [1.165, 1.54) is 12.1 Å². The van der Waals surface area contributed by atoms with Crippen LogP contribution >= 0.6 is 11.6 Å². The SMILES string of the molecule is Cc1c(Cl)cccc1Nc1ccc(F)cc1C(=O)O. The van der Waals surface area contributed by atoms with E-state index in [0.717, 1.165) is 11.6 Å². The average Bonchev–Trinajstić information content (AvgIpc) is 2.36. The molecule has 2 aromatic carbocycles. The molecule has 0 fully saturated rings. The zero-order valence-electron chi connectivity index (χ0n) is 10.1. The zero-order valence-corrected chi connectivity index (χ0v) is 10.8. The summed E-state index contributed by atoms with van der Waals surface area (Å²) in [6.07, 6.45) is 0. The fourth-order valence-electron chi connectivity index (χ4n) is 1.69. The summed E-state index contributed by atoms with van der Waals surface area (Å²) in [5.74, 6) is -1.78. The second-order valence-electron chi connectivity index (χ2n) is 4.03. The number of hydrogen-bond donors (Lipinski definition) is 2. The highest BCUT2D eigenvalue weighted by atomic mass is 35.5. The molecule has 0 aliphatic carbocycles. The summed E-state index contributed by atoms with van der Waals surface area (Å²) >= 11 is 5.99. The van der Waals surface area contributed by atoms with Crippen LogP contribution in [-0.2, 0) is 0 Å². The van der Waals surface area contributed by atoms with Crippen LogP contribution in [0.1, 0.15) is 15.9 Å². The molecule has 98 valence electrons. The summed E-state index contributed by atoms with van der Waals surface area (Å²) in [5.41, 5.74) is 1.67. The van der Waals surface area contributed by atoms with Gasteiger partial charge < -0.3 is 10.4 Å². The molecule has 0 saturated carbocycles. The minimum atomic E-state index is -1.19. The van der Waals surface area contributed by atoms with E-state index >= 15 is 0 Å². The molecular weight excluding hydrogens is 269 g/mol. The Morgan fingerprint density at radius 1 is 1.26 bits per heavy atom. The van der Waals surface area contributed by atoms with Gasteiger partial charge in [-0.05, 0) is 42.8 Å². The van der Waals surface area contributed by atoms with Gasteiger partial charge in [0.25, 0.3) is 0 Å². The Balaban J connectivity index is 2.44. The average molecular weight is 280 g/mol. The van der Waals surface area contributed by atoms with Crippen molar-refractivity contribution in [3.8, 4) is 0 Å². The lowest BCUT2D eigenvalue weighted by Crippen LogP contribution is -2.04. The molecule has 2 aromatic rings. The molecule has 0 spiro atoms. The molecule has 0 radical (unpaired) electrons. The topological polar surface area (TPSA) is 49.3 Å². The van der Waals surface area contributed by atoms with E-state index in [-0.39, 0.29) is 5.56 Å². The van der Waals surface area contributed by atoms with Gasteiger partial charge in [-0.25, -0.2) is 9.18 Å². The maximum atomic E-state index is 13.1. The summed E-state index contributed by atoms with van der Waals surface area (Å²) < 4.78 is 13.1. The summed E-state index contributed by atoms with van der Waals surface area (Å²) in [6, 6.07) is 8.83. The van der Waals surface area contributed by atoms with Crippen molar-refractivity contribution in [2.75, 3.05) is 5.32 Å². The number of carboxylic acids is 1. The fourth-order valence-corrected chi connectivity index (χ4v) is 1.86. The van der Waals surface area contributed by atoms with Crippen molar-refractivity contribution >= 4 is 28.9 Å². The van der Waals surface area contributed by atoms with E-state index in [1.807, 2.05) is 6.92 Å². The van der Waals surface area contributed by atoms with E-state index in [4.69, 9.17) is 16.7 Å². The molecule has 0 aromatic heterocycles. The fraction of sp³-hybridized carbons (Fsp3) is 0.0714. The van der Waals surface area contributed by atoms with Crippen molar-refractivity contribution < 1.29 is 14.3 Å². The smallest absolute Gasteiger partial charge is 0.337 e. The van der Waals surface area contributed by atoms with Crippen LogP contribution in [0.15, 0.2) is 36.4 Å². The van der Waals surface area contributed by atoms with Gasteiger partial charge in [0, 0.05) is 10.7 Å². The number of carboxylic acid groups (broad SMARTS) is 1. The maximum absolute atomic E-state index is 13.1. The Hall–Kier alpha value is -2.07. The van der Waals surface area contributed by atoms with Crippen molar-refractivity contribution in [3.63, 3.8) is 0 Å². The molecule has 0 bridgehead atoms. The molecular formula is C14H11ClFNO2. The van der Waals surface area contributed by atoms with Crippen molar-refractivity contribution in [1.29, 1.82) is 0 Å². The molecule has 0 atom stereocenters. The second-order valence-corrected chi connectivity index (χ2v) is 4.44. The Labute approximate surface area is 114 Å². The van der Waals surface area contributed by atoms with Crippen molar-refractivity contribution in [1.82, 2.24) is 0 Å². The highest BCUT2D eigenvalue weighted by Gasteiger charge is 2.12. The first-order valence-corrected chi connectivity index (χ1v) is 5.92. The Morgan fingerprint density at radius 2 is 2.00 bits per heavy atom. The van der Waals surface area contributed by atoms with Crippen molar-refractivity contribution in [2.24, 2.45) is 0 Å². The molecule has 0 heterocycles. The minimum Gasteiger partial charge on any atom is -0.478 e. The van der Waals surface area contributed by atoms with Gasteiger partial charge in [0.1, 0.15) is 5.82 Å². The monoisotopic (exact) mass is 279 g/mol. The largest absolute Gasteiger partial charge is 0.478 e. The number of hydrogen-bond acceptors (Lipinski definition) is 2. The molecule has 5 heteroatoms. The Morgan fingerprint density at radius 3 is 2.68 bits per heavy atom. The first kappa shape index (κ1) is 13.4. The van der Waals surface area contributed by atoms with Gasteiger partial charge in [-0.3, -0.25) is 0 Å². The van der Waals surface area contributed by atoms with E-state index in [2.05, 4.69) is 5.32 Å². The lowest BCUT2D eigenvalue weighted by Gasteiger charge is -2.12. The second kappa shape index (κ2) is 5.28. The first-order valence-electron chi connectivity index (χ1n) is 5.54. The predicted octanol–water partition coefficient (Wildman–Crippen LogP) is 4.23. The minimum absolute atomic E-state index is 0.126. The van der Waals surface area contributed by atoms with Crippen LogP contribution in [0.25, 0.3) is 0 Å². The normalized spacial score (nSPS) is 10.3. The lowest BCUT2D eigenvalue weighted by atomic mass is 10.1. The van der Waals surface area contributed by atoms with Crippen LogP contribution in [0.2, 0.25) is 5.02 Å². The van der Waals surface area contributed by atoms with E-state index in [0.29, 0.717) is 16.4 Å². The van der Waals surface area contributed by atoms with E-state index < -0.39 is 11.8 Å². The van der Waals surface area contributed by atoms with Gasteiger partial charge in [-0.1, -0.05) is 17.7 Å². The molecule has 0 aliphatic rings. The van der Waals surface area contributed by atoms with Gasteiger partial charge in [0.2, 0.25) is 0 Å². The molecule has 0 aliphatic heterocycles. The third-order valence-corrected chi connectivity index (χ3v) is 3.16. The molecule has 0 unspecified atom stereocenters. The molecule has 2 N–H and O–H groups in total. The first-order chi connectivity index (χ1) is 8.99. The van der Waals surface area contributed by atoms with Crippen LogP contribution in [-0.4, -0.2) is 11.1 Å². The van der Waals surface area contributed by atoms with E-state index in [9.17, 15) is 9.18 Å². The van der Waals surface area contributed by atoms with Crippen LogP contribution in [0.3, 0.4) is 0 Å². The molecule has 19 heavy (non-hydrogen) atoms. The quantitative estimate of drug-likeness (QED) is 0.884. The summed E-state index contributed by atoms with van der Waals surface area (Å²) in [7, 11) is 0. The number of nitrogens with one attached hydrogen (secondary N) is 1. The number of carbonyl (C=O) groups is 1. The van der Waals surface area contributed by atoms with Crippen molar-refractivity contribution in [3.05, 3.63) is 58.4 Å². The maximum Gasteiger partial charge on any atom is 0.337 e. The Kier molecular flexibility index (Phi) is 3.71. The highest BCUT2D eigenvalue weighted by molar-refractivity contribution is 6.31. The summed E-state index contributed by atoms with van der Waals surface area (Å²) in [6.45, 7) is 1.81. The standard InChI is InChI=1S/C14H11ClFNO2/c1-8-11(15)3-2-4-12(8)17-13-6-5-9(16)7-10(13)14(18)19/h2-7,17H,1H3,(H,18,19). The van der Waals surface area contributed by atoms with Gasteiger partial charge in [0.15, 0.2) is 0 Å². The number of benzene rings is 2. The Bertz CT molecular complexity index is 643. The van der Waals surface area contributed by atoms with Crippen LogP contribution < -0.4 is 5.32 Å². The van der Waals surface area contributed by atoms with Gasteiger partial charge >= 0.3 is 5.97 Å². The lowest BCUT2D eigenvalue weighted by molar-refractivity contribution is 0.0697. The zero-order chi connectivity index (χ0) is 14.0. The van der Waals surface area contributed by atoms with Gasteiger partial charge in [-0.15, -0.1) is 0 Å². The van der Waals surface area contributed by atoms with Crippen LogP contribution in [0.5, 0.6) is 0 Å². The predicted molar refractivity (Wildman–Crippen MR) is 72.8 cm³/mol. The molecule has 2 rings (SSSR count).